The zero-order valence-corrected chi connectivity index (χ0v) is 23.8. The van der Waals surface area contributed by atoms with Crippen LogP contribution in [0.15, 0.2) is 72.8 Å². The number of alkyl halides is 6. The van der Waals surface area contributed by atoms with Gasteiger partial charge in [0.1, 0.15) is 0 Å². The number of hydrogen-bond donors (Lipinski definition) is 2. The molecule has 1 aliphatic carbocycles. The minimum Gasteiger partial charge on any atom is -0.465 e. The molecular formula is C32H34F6N2O3. The van der Waals surface area contributed by atoms with E-state index in [4.69, 9.17) is 5.11 Å². The van der Waals surface area contributed by atoms with Gasteiger partial charge in [0.15, 0.2) is 0 Å². The highest BCUT2D eigenvalue weighted by Crippen LogP contribution is 2.36. The number of nitrogens with one attached hydrogen (secondary N) is 1. The molecule has 0 aromatic heterocycles. The number of carboxylic acid groups (broad SMARTS) is 1. The fourth-order valence-electron chi connectivity index (χ4n) is 5.02. The topological polar surface area (TPSA) is 69.6 Å². The van der Waals surface area contributed by atoms with Gasteiger partial charge in [-0.1, -0.05) is 73.9 Å². The summed E-state index contributed by atoms with van der Waals surface area (Å²) >= 11 is 0. The molecule has 0 aliphatic heterocycles. The number of likely N-dealkylation sites (N-methyl/N-ethyl adjacent to an activating group) is 1. The Labute approximate surface area is 246 Å². The van der Waals surface area contributed by atoms with Gasteiger partial charge in [0.2, 0.25) is 0 Å². The summed E-state index contributed by atoms with van der Waals surface area (Å²) in [5.74, 6) is -0.935. The van der Waals surface area contributed by atoms with Gasteiger partial charge in [-0.2, -0.15) is 26.3 Å². The Balaban J connectivity index is 0.000000428. The Hall–Kier alpha value is -4.02. The van der Waals surface area contributed by atoms with Crippen molar-refractivity contribution in [2.75, 3.05) is 7.05 Å². The van der Waals surface area contributed by atoms with Crippen LogP contribution >= 0.6 is 0 Å². The van der Waals surface area contributed by atoms with Crippen LogP contribution in [0.4, 0.5) is 31.1 Å². The summed E-state index contributed by atoms with van der Waals surface area (Å²) in [6.07, 6.45) is -1.58. The van der Waals surface area contributed by atoms with E-state index >= 15 is 0 Å². The smallest absolute Gasteiger partial charge is 0.416 e. The zero-order chi connectivity index (χ0) is 31.8. The fraction of sp³-hybridized carbons (Fsp3) is 0.375. The van der Waals surface area contributed by atoms with Crippen molar-refractivity contribution in [2.45, 2.75) is 69.9 Å². The van der Waals surface area contributed by atoms with Crippen LogP contribution in [0.2, 0.25) is 0 Å². The van der Waals surface area contributed by atoms with E-state index in [1.165, 1.54) is 26.3 Å². The van der Waals surface area contributed by atoms with E-state index in [-0.39, 0.29) is 12.1 Å². The van der Waals surface area contributed by atoms with Gasteiger partial charge < -0.3 is 15.3 Å². The van der Waals surface area contributed by atoms with Crippen LogP contribution < -0.4 is 5.32 Å². The summed E-state index contributed by atoms with van der Waals surface area (Å²) in [6.45, 7) is 1.72. The molecule has 11 heteroatoms. The van der Waals surface area contributed by atoms with E-state index in [2.05, 4.69) is 5.32 Å². The molecule has 5 nitrogen and oxygen atoms in total. The molecule has 3 aromatic carbocycles. The van der Waals surface area contributed by atoms with Crippen LogP contribution in [0, 0.1) is 0 Å². The zero-order valence-electron chi connectivity index (χ0n) is 23.8. The predicted molar refractivity (Wildman–Crippen MR) is 153 cm³/mol. The first kappa shape index (κ1) is 33.5. The first-order valence-corrected chi connectivity index (χ1v) is 13.9. The first-order chi connectivity index (χ1) is 20.2. The fourth-order valence-corrected chi connectivity index (χ4v) is 5.02. The molecule has 0 bridgehead atoms. The van der Waals surface area contributed by atoms with Crippen LogP contribution in [-0.4, -0.2) is 41.1 Å². The summed E-state index contributed by atoms with van der Waals surface area (Å²) < 4.78 is 79.2. The Morgan fingerprint density at radius 3 is 2.02 bits per heavy atom. The number of carbonyl (C=O) groups excluding carboxylic acids is 1. The van der Waals surface area contributed by atoms with Gasteiger partial charge in [0.05, 0.1) is 17.2 Å². The molecule has 4 rings (SSSR count). The Kier molecular flexibility index (Phi) is 11.2. The summed E-state index contributed by atoms with van der Waals surface area (Å²) in [7, 11) is 1.36. The summed E-state index contributed by atoms with van der Waals surface area (Å²) in [6, 6.07) is 14.0. The van der Waals surface area contributed by atoms with E-state index in [9.17, 15) is 35.9 Å². The lowest BCUT2D eigenvalue weighted by atomic mass is 9.96. The van der Waals surface area contributed by atoms with E-state index in [1.54, 1.807) is 19.1 Å². The van der Waals surface area contributed by atoms with E-state index < -0.39 is 47.1 Å². The van der Waals surface area contributed by atoms with Crippen molar-refractivity contribution < 1.29 is 41.0 Å². The van der Waals surface area contributed by atoms with Crippen LogP contribution in [0.3, 0.4) is 0 Å². The van der Waals surface area contributed by atoms with Crippen molar-refractivity contribution >= 4 is 22.8 Å². The van der Waals surface area contributed by atoms with E-state index in [0.717, 1.165) is 34.1 Å². The third-order valence-electron chi connectivity index (χ3n) is 7.26. The second-order valence-electron chi connectivity index (χ2n) is 10.5. The minimum atomic E-state index is -5.03. The Bertz CT molecular complexity index is 1400. The molecule has 1 aliphatic rings. The SMILES string of the molecule is CC=CC(Cc1ccc2ccccc2c1)N(C)C(=O)c1cc(C(F)(F)F)cc(C(F)(F)F)c1.O=C(O)NC1CCCCC1. The maximum Gasteiger partial charge on any atom is 0.416 e. The second kappa shape index (κ2) is 14.4. The number of amides is 2. The number of rotatable bonds is 6. The average Bonchev–Trinajstić information content (AvgIpc) is 2.95. The minimum absolute atomic E-state index is 0.00921. The van der Waals surface area contributed by atoms with Crippen molar-refractivity contribution in [3.8, 4) is 0 Å². The quantitative estimate of drug-likeness (QED) is 0.217. The van der Waals surface area contributed by atoms with Crippen molar-refractivity contribution in [3.05, 3.63) is 95.1 Å². The van der Waals surface area contributed by atoms with Gasteiger partial charge in [0.25, 0.3) is 5.91 Å². The number of halogens is 6. The summed E-state index contributed by atoms with van der Waals surface area (Å²) in [5.41, 5.74) is -2.85. The standard InChI is InChI=1S/C25H21F6NO.C7H13NO2/c1-3-6-22(12-16-9-10-17-7-4-5-8-18(17)11-16)32(2)23(33)19-13-20(24(26,27)28)15-21(14-19)25(29,30)31;9-7(10)8-6-4-2-1-3-5-6/h3-11,13-15,22H,12H2,1-2H3;6,8H,1-5H2,(H,9,10). The van der Waals surface area contributed by atoms with Gasteiger partial charge in [-0.15, -0.1) is 0 Å². The molecule has 43 heavy (non-hydrogen) atoms. The molecule has 232 valence electrons. The summed E-state index contributed by atoms with van der Waals surface area (Å²) in [4.78, 5) is 24.3. The number of hydrogen-bond acceptors (Lipinski definition) is 2. The Morgan fingerprint density at radius 2 is 1.49 bits per heavy atom. The number of benzene rings is 3. The normalized spacial score (nSPS) is 15.1. The average molecular weight is 609 g/mol. The van der Waals surface area contributed by atoms with Crippen molar-refractivity contribution in [1.29, 1.82) is 0 Å². The third-order valence-corrected chi connectivity index (χ3v) is 7.26. The first-order valence-electron chi connectivity index (χ1n) is 13.9. The summed E-state index contributed by atoms with van der Waals surface area (Å²) in [5, 5.41) is 12.9. The lowest BCUT2D eigenvalue weighted by Gasteiger charge is -2.27. The van der Waals surface area contributed by atoms with Crippen molar-refractivity contribution in [1.82, 2.24) is 10.2 Å². The molecule has 0 spiro atoms. The van der Waals surface area contributed by atoms with E-state index in [0.29, 0.717) is 18.6 Å². The second-order valence-corrected chi connectivity index (χ2v) is 10.5. The molecule has 2 N–H and O–H groups in total. The van der Waals surface area contributed by atoms with E-state index in [1.807, 2.05) is 42.5 Å². The lowest BCUT2D eigenvalue weighted by Crippen LogP contribution is -2.37. The maximum absolute atomic E-state index is 13.2. The van der Waals surface area contributed by atoms with Crippen LogP contribution in [0.25, 0.3) is 10.8 Å². The molecule has 1 saturated carbocycles. The number of fused-ring (bicyclic) bond motifs is 1. The maximum atomic E-state index is 13.2. The molecule has 0 radical (unpaired) electrons. The molecule has 1 unspecified atom stereocenters. The van der Waals surface area contributed by atoms with Crippen molar-refractivity contribution in [2.24, 2.45) is 0 Å². The van der Waals surface area contributed by atoms with Gasteiger partial charge in [-0.25, -0.2) is 4.79 Å². The molecular weight excluding hydrogens is 574 g/mol. The molecule has 2 amide bonds. The molecule has 3 aromatic rings. The van der Waals surface area contributed by atoms with Gasteiger partial charge in [-0.3, -0.25) is 4.79 Å². The number of nitrogens with zero attached hydrogens (tertiary/aromatic N) is 1. The predicted octanol–water partition coefficient (Wildman–Crippen LogP) is 8.72. The molecule has 1 fully saturated rings. The molecule has 1 atom stereocenters. The number of allylic oxidation sites excluding steroid dienone is 1. The van der Waals surface area contributed by atoms with Gasteiger partial charge in [-0.05, 0) is 60.7 Å². The van der Waals surface area contributed by atoms with Crippen LogP contribution in [0.1, 0.15) is 66.1 Å². The highest BCUT2D eigenvalue weighted by Gasteiger charge is 2.38. The molecule has 0 saturated heterocycles. The Morgan fingerprint density at radius 1 is 0.907 bits per heavy atom. The largest absolute Gasteiger partial charge is 0.465 e. The van der Waals surface area contributed by atoms with Crippen LogP contribution in [-0.2, 0) is 18.8 Å². The van der Waals surface area contributed by atoms with Crippen LogP contribution in [0.5, 0.6) is 0 Å². The highest BCUT2D eigenvalue weighted by molar-refractivity contribution is 5.95. The highest BCUT2D eigenvalue weighted by atomic mass is 19.4. The monoisotopic (exact) mass is 608 g/mol. The lowest BCUT2D eigenvalue weighted by molar-refractivity contribution is -0.143. The van der Waals surface area contributed by atoms with Crippen molar-refractivity contribution in [3.63, 3.8) is 0 Å². The van der Waals surface area contributed by atoms with Gasteiger partial charge in [0, 0.05) is 18.7 Å². The van der Waals surface area contributed by atoms with Gasteiger partial charge >= 0.3 is 18.4 Å². The molecule has 0 heterocycles. The number of carbonyl (C=O) groups is 2. The third kappa shape index (κ3) is 9.76.